The van der Waals surface area contributed by atoms with Gasteiger partial charge < -0.3 is 15.0 Å². The molecule has 72 heavy (non-hydrogen) atoms. The molecule has 3 aromatic carbocycles. The Hall–Kier alpha value is -3.06. The summed E-state index contributed by atoms with van der Waals surface area (Å²) >= 11 is 33.1. The zero-order valence-corrected chi connectivity index (χ0v) is 51.1. The van der Waals surface area contributed by atoms with Gasteiger partial charge in [0.2, 0.25) is 0 Å². The van der Waals surface area contributed by atoms with E-state index in [0.717, 1.165) is 71.4 Å². The van der Waals surface area contributed by atoms with Crippen LogP contribution in [0.25, 0.3) is 50.2 Å². The van der Waals surface area contributed by atoms with Gasteiger partial charge >= 0.3 is 0 Å². The van der Waals surface area contributed by atoms with Crippen LogP contribution < -0.4 is 0 Å². The molecule has 3 unspecified atom stereocenters. The lowest BCUT2D eigenvalue weighted by atomic mass is 9.66. The number of halogens is 4. The highest BCUT2D eigenvalue weighted by Gasteiger charge is 2.49. The molecule has 0 spiro atoms. The minimum absolute atomic E-state index is 0.0162. The van der Waals surface area contributed by atoms with Crippen LogP contribution in [0, 0.1) is 103 Å². The Kier molecular flexibility index (Phi) is 16.7. The van der Waals surface area contributed by atoms with Crippen molar-refractivity contribution in [1.82, 2.24) is 28.7 Å². The number of H-pyrrole nitrogens is 3. The number of fused-ring (bicyclic) bond motifs is 3. The first-order chi connectivity index (χ1) is 33.5. The van der Waals surface area contributed by atoms with Gasteiger partial charge in [0.15, 0.2) is 14.3 Å². The zero-order chi connectivity index (χ0) is 53.4. The molecule has 9 rings (SSSR count). The Morgan fingerprint density at radius 3 is 1.29 bits per heavy atom. The molecule has 0 fully saturated rings. The second-order valence-electron chi connectivity index (χ2n) is 23.7. The van der Waals surface area contributed by atoms with Gasteiger partial charge in [-0.05, 0) is 180 Å². The number of nitrogens with one attached hydrogen (secondary N) is 3. The summed E-state index contributed by atoms with van der Waals surface area (Å²) in [7, 11) is 0. The third-order valence-corrected chi connectivity index (χ3v) is 20.0. The van der Waals surface area contributed by atoms with Crippen molar-refractivity contribution >= 4 is 126 Å². The largest absolute Gasteiger partial charge is 0.330 e. The molecule has 6 aromatic rings. The summed E-state index contributed by atoms with van der Waals surface area (Å²) < 4.78 is 23.8. The van der Waals surface area contributed by atoms with Crippen LogP contribution >= 0.6 is 75.8 Å². The molecule has 0 amide bonds. The van der Waals surface area contributed by atoms with Crippen LogP contribution in [0.2, 0.25) is 10.0 Å². The lowest BCUT2D eigenvalue weighted by Gasteiger charge is -2.41. The van der Waals surface area contributed by atoms with Crippen molar-refractivity contribution < 1.29 is 4.39 Å². The molecular formula is C59H78BrCl2FN6S3. The summed E-state index contributed by atoms with van der Waals surface area (Å²) in [6.45, 7) is 39.1. The average molecular weight is 1140 g/mol. The number of hydrogen-bond donors (Lipinski definition) is 3. The van der Waals surface area contributed by atoms with Crippen LogP contribution in [0.1, 0.15) is 134 Å². The quantitative estimate of drug-likeness (QED) is 0.126. The van der Waals surface area contributed by atoms with E-state index in [9.17, 15) is 4.39 Å². The van der Waals surface area contributed by atoms with E-state index < -0.39 is 5.82 Å². The lowest BCUT2D eigenvalue weighted by Crippen LogP contribution is -2.35. The molecule has 3 aliphatic rings. The third kappa shape index (κ3) is 9.62. The molecule has 3 N–H and O–H groups in total. The summed E-state index contributed by atoms with van der Waals surface area (Å²) in [6, 6.07) is 11.6. The second-order valence-corrected chi connectivity index (χ2v) is 26.5. The van der Waals surface area contributed by atoms with E-state index >= 15 is 0 Å². The predicted molar refractivity (Wildman–Crippen MR) is 319 cm³/mol. The van der Waals surface area contributed by atoms with Crippen LogP contribution in [0.15, 0.2) is 59.1 Å². The molecule has 0 saturated heterocycles. The molecule has 3 aromatic heterocycles. The maximum atomic E-state index is 14.1. The first-order valence-electron chi connectivity index (χ1n) is 26.1. The summed E-state index contributed by atoms with van der Waals surface area (Å²) in [4.78, 5) is 9.91. The highest BCUT2D eigenvalue weighted by atomic mass is 79.9. The lowest BCUT2D eigenvalue weighted by molar-refractivity contribution is 0.153. The van der Waals surface area contributed by atoms with E-state index in [2.05, 4.69) is 194 Å². The minimum Gasteiger partial charge on any atom is -0.330 e. The fourth-order valence-electron chi connectivity index (χ4n) is 13.2. The highest BCUT2D eigenvalue weighted by molar-refractivity contribution is 9.10. The summed E-state index contributed by atoms with van der Waals surface area (Å²) in [5.74, 6) is 4.78. The molecule has 13 heteroatoms. The van der Waals surface area contributed by atoms with Gasteiger partial charge in [0.1, 0.15) is 5.82 Å². The fourth-order valence-corrected chi connectivity index (χ4v) is 15.2. The van der Waals surface area contributed by atoms with Crippen molar-refractivity contribution in [2.45, 2.75) is 137 Å². The van der Waals surface area contributed by atoms with Crippen molar-refractivity contribution in [3.05, 3.63) is 100 Å². The van der Waals surface area contributed by atoms with Crippen LogP contribution in [0.3, 0.4) is 0 Å². The Labute approximate surface area is 462 Å². The van der Waals surface area contributed by atoms with Crippen molar-refractivity contribution in [3.63, 3.8) is 0 Å². The van der Waals surface area contributed by atoms with E-state index in [1.807, 2.05) is 10.6 Å². The molecule has 3 aliphatic carbocycles. The molecule has 6 atom stereocenters. The maximum Gasteiger partial charge on any atom is 0.182 e. The van der Waals surface area contributed by atoms with Gasteiger partial charge in [-0.1, -0.05) is 145 Å². The van der Waals surface area contributed by atoms with E-state index in [4.69, 9.17) is 59.9 Å². The fraction of sp³-hybridized carbons (Fsp3) is 0.542. The van der Waals surface area contributed by atoms with Crippen LogP contribution in [-0.4, -0.2) is 28.7 Å². The number of aromatic nitrogens is 6. The first-order valence-corrected chi connectivity index (χ1v) is 28.8. The zero-order valence-electron chi connectivity index (χ0n) is 45.6. The Balaban J connectivity index is 0.000000158. The molecule has 390 valence electrons. The number of aryl methyl sites for hydroxylation is 2. The van der Waals surface area contributed by atoms with E-state index in [-0.39, 0.29) is 21.3 Å². The summed E-state index contributed by atoms with van der Waals surface area (Å²) in [5.41, 5.74) is 12.3. The smallest absolute Gasteiger partial charge is 0.182 e. The first kappa shape index (κ1) is 56.7. The molecule has 0 radical (unpaired) electrons. The van der Waals surface area contributed by atoms with Gasteiger partial charge in [-0.3, -0.25) is 13.7 Å². The van der Waals surface area contributed by atoms with Crippen molar-refractivity contribution in [2.75, 3.05) is 0 Å². The Bertz CT molecular complexity index is 3170. The number of nitrogens with zero attached hydrogens (tertiary/aromatic N) is 3. The van der Waals surface area contributed by atoms with Gasteiger partial charge in [-0.15, -0.1) is 0 Å². The normalized spacial score (nSPS) is 24.4. The SMILES string of the molecule is CC(C)C1CC=C(n2c(=S)[nH]c3cc(Cl)c(F)cc32)[C@@]1(C)C(C)C.Cc1cc(Br)c2[nH]c(=S)n(C3=CCC(C(C)C)[C@]3(C)C(C)C)c2c1.Cc1cc(Cl)c2[nH]c(=S)n(C3=CCC(C(C)C)[C@]3(C)C(C)C)c2c1. The number of aromatic amines is 3. The second kappa shape index (κ2) is 21.2. The third-order valence-electron chi connectivity index (χ3n) is 17.9. The molecular weight excluding hydrogens is 1060 g/mol. The van der Waals surface area contributed by atoms with Crippen molar-refractivity contribution in [3.8, 4) is 0 Å². The highest BCUT2D eigenvalue weighted by Crippen LogP contribution is 2.57. The standard InChI is InChI=1S/C20H27BrN2S.C20H27ClN2S.C19H24ClFN2S/c2*1-11(2)14-7-8-17(20(14,6)12(3)4)23-16-10-13(5)9-15(21)18(16)22-19(23)24;1-10(2)12-6-7-17(19(12,5)11(3)4)23-16-9-14(21)13(20)8-15(16)22-18(23)24/h2*8-12,14H,7H2,1-6H3,(H,22,24);7-12H,6H2,1-5H3,(H,22,24)/t2*14?,20-;12?,19-/m000/s1. The predicted octanol–water partition coefficient (Wildman–Crippen LogP) is 20.5. The minimum atomic E-state index is -0.419. The van der Waals surface area contributed by atoms with E-state index in [0.29, 0.717) is 58.0 Å². The molecule has 3 heterocycles. The summed E-state index contributed by atoms with van der Waals surface area (Å²) in [6.07, 6.45) is 10.3. The molecule has 0 aliphatic heterocycles. The van der Waals surface area contributed by atoms with Gasteiger partial charge in [-0.2, -0.15) is 0 Å². The van der Waals surface area contributed by atoms with Crippen molar-refractivity contribution in [2.24, 2.45) is 69.5 Å². The Morgan fingerprint density at radius 1 is 0.528 bits per heavy atom. The topological polar surface area (TPSA) is 62.2 Å². The summed E-state index contributed by atoms with van der Waals surface area (Å²) in [5, 5.41) is 0.845. The van der Waals surface area contributed by atoms with Gasteiger partial charge in [-0.25, -0.2) is 4.39 Å². The number of allylic oxidation sites excluding steroid dienone is 6. The number of rotatable bonds is 9. The monoisotopic (exact) mass is 1130 g/mol. The van der Waals surface area contributed by atoms with E-state index in [1.54, 1.807) is 6.07 Å². The average Bonchev–Trinajstić information content (AvgIpc) is 4.11. The molecule has 0 bridgehead atoms. The molecule has 6 nitrogen and oxygen atoms in total. The molecule has 0 saturated carbocycles. The van der Waals surface area contributed by atoms with E-state index in [1.165, 1.54) is 34.2 Å². The van der Waals surface area contributed by atoms with Gasteiger partial charge in [0, 0.05) is 43.9 Å². The Morgan fingerprint density at radius 2 is 0.889 bits per heavy atom. The number of hydrogen-bond acceptors (Lipinski definition) is 3. The van der Waals surface area contributed by atoms with Crippen molar-refractivity contribution in [1.29, 1.82) is 0 Å². The number of benzene rings is 3. The van der Waals surface area contributed by atoms with Crippen LogP contribution in [0.4, 0.5) is 4.39 Å². The van der Waals surface area contributed by atoms with Gasteiger partial charge in [0.25, 0.3) is 0 Å². The number of imidazole rings is 3. The maximum absolute atomic E-state index is 14.1. The van der Waals surface area contributed by atoms with Gasteiger partial charge in [0.05, 0.1) is 43.1 Å². The van der Waals surface area contributed by atoms with Crippen LogP contribution in [-0.2, 0) is 0 Å². The van der Waals surface area contributed by atoms with Crippen LogP contribution in [0.5, 0.6) is 0 Å².